The first-order valence-electron chi connectivity index (χ1n) is 4.62. The number of aliphatic carboxylic acids is 1. The van der Waals surface area contributed by atoms with E-state index in [-0.39, 0.29) is 6.54 Å². The summed E-state index contributed by atoms with van der Waals surface area (Å²) in [6, 6.07) is 3.28. The normalized spacial score (nSPS) is 10.2. The molecule has 0 aliphatic heterocycles. The fourth-order valence-electron chi connectivity index (χ4n) is 1.29. The summed E-state index contributed by atoms with van der Waals surface area (Å²) in [4.78, 5) is 21.2. The van der Waals surface area contributed by atoms with Crippen molar-refractivity contribution < 1.29 is 19.4 Å². The molecule has 15 heavy (non-hydrogen) atoms. The highest BCUT2D eigenvalue weighted by molar-refractivity contribution is 5.75. The van der Waals surface area contributed by atoms with Crippen LogP contribution in [-0.4, -0.2) is 28.5 Å². The Morgan fingerprint density at radius 3 is 2.87 bits per heavy atom. The Morgan fingerprint density at radius 1 is 1.60 bits per heavy atom. The van der Waals surface area contributed by atoms with E-state index < -0.39 is 5.97 Å². The van der Waals surface area contributed by atoms with Crippen LogP contribution in [0.2, 0.25) is 0 Å². The quantitative estimate of drug-likeness (QED) is 0.710. The monoisotopic (exact) mass is 211 g/mol. The molecule has 0 radical (unpaired) electrons. The summed E-state index contributed by atoms with van der Waals surface area (Å²) in [5, 5.41) is 8.68. The third-order valence-corrected chi connectivity index (χ3v) is 1.97. The van der Waals surface area contributed by atoms with Gasteiger partial charge in [0, 0.05) is 12.3 Å². The SMILES string of the molecule is CCOCc1ccc(C=O)n1CC(=O)O. The Morgan fingerprint density at radius 2 is 2.33 bits per heavy atom. The van der Waals surface area contributed by atoms with Crippen LogP contribution in [0.3, 0.4) is 0 Å². The zero-order valence-corrected chi connectivity index (χ0v) is 8.47. The van der Waals surface area contributed by atoms with E-state index in [0.717, 1.165) is 0 Å². The van der Waals surface area contributed by atoms with Crippen molar-refractivity contribution in [3.8, 4) is 0 Å². The molecule has 0 atom stereocenters. The maximum atomic E-state index is 10.6. The van der Waals surface area contributed by atoms with Gasteiger partial charge in [0.1, 0.15) is 6.54 Å². The van der Waals surface area contributed by atoms with Crippen molar-refractivity contribution in [2.24, 2.45) is 0 Å². The van der Waals surface area contributed by atoms with Gasteiger partial charge in [-0.25, -0.2) is 0 Å². The molecule has 0 fully saturated rings. The second-order valence-electron chi connectivity index (χ2n) is 2.98. The minimum Gasteiger partial charge on any atom is -0.480 e. The second-order valence-corrected chi connectivity index (χ2v) is 2.98. The first kappa shape index (κ1) is 11.5. The van der Waals surface area contributed by atoms with Crippen molar-refractivity contribution in [3.63, 3.8) is 0 Å². The van der Waals surface area contributed by atoms with Gasteiger partial charge in [-0.05, 0) is 19.1 Å². The summed E-state index contributed by atoms with van der Waals surface area (Å²) in [7, 11) is 0. The topological polar surface area (TPSA) is 68.5 Å². The van der Waals surface area contributed by atoms with E-state index in [1.165, 1.54) is 4.57 Å². The van der Waals surface area contributed by atoms with Crippen LogP contribution in [0.25, 0.3) is 0 Å². The highest BCUT2D eigenvalue weighted by Crippen LogP contribution is 2.09. The Kier molecular flexibility index (Phi) is 4.05. The third-order valence-electron chi connectivity index (χ3n) is 1.97. The van der Waals surface area contributed by atoms with Crippen LogP contribution in [0, 0.1) is 0 Å². The highest BCUT2D eigenvalue weighted by Gasteiger charge is 2.10. The van der Waals surface area contributed by atoms with Crippen LogP contribution < -0.4 is 0 Å². The van der Waals surface area contributed by atoms with Crippen molar-refractivity contribution in [1.29, 1.82) is 0 Å². The van der Waals surface area contributed by atoms with Gasteiger partial charge in [-0.2, -0.15) is 0 Å². The molecule has 1 rings (SSSR count). The van der Waals surface area contributed by atoms with E-state index in [0.29, 0.717) is 30.9 Å². The Bertz CT molecular complexity index is 356. The first-order valence-corrected chi connectivity index (χ1v) is 4.62. The van der Waals surface area contributed by atoms with Gasteiger partial charge >= 0.3 is 5.97 Å². The van der Waals surface area contributed by atoms with Crippen LogP contribution >= 0.6 is 0 Å². The molecule has 0 bridgehead atoms. The lowest BCUT2D eigenvalue weighted by Crippen LogP contribution is -2.14. The lowest BCUT2D eigenvalue weighted by atomic mass is 10.4. The number of hydrogen-bond donors (Lipinski definition) is 1. The molecule has 0 aliphatic rings. The second kappa shape index (κ2) is 5.31. The molecule has 5 nitrogen and oxygen atoms in total. The number of carbonyl (C=O) groups is 2. The molecule has 0 aliphatic carbocycles. The average Bonchev–Trinajstić information content (AvgIpc) is 2.57. The van der Waals surface area contributed by atoms with Gasteiger partial charge in [0.15, 0.2) is 6.29 Å². The largest absolute Gasteiger partial charge is 0.480 e. The van der Waals surface area contributed by atoms with E-state index in [4.69, 9.17) is 9.84 Å². The van der Waals surface area contributed by atoms with E-state index in [1.54, 1.807) is 12.1 Å². The summed E-state index contributed by atoms with van der Waals surface area (Å²) in [5.74, 6) is -0.980. The van der Waals surface area contributed by atoms with Crippen LogP contribution in [0.1, 0.15) is 23.1 Å². The van der Waals surface area contributed by atoms with E-state index in [1.807, 2.05) is 6.92 Å². The van der Waals surface area contributed by atoms with Gasteiger partial charge in [-0.3, -0.25) is 9.59 Å². The number of aldehydes is 1. The van der Waals surface area contributed by atoms with Crippen molar-refractivity contribution >= 4 is 12.3 Å². The van der Waals surface area contributed by atoms with Gasteiger partial charge in [0.2, 0.25) is 0 Å². The van der Waals surface area contributed by atoms with Crippen LogP contribution in [0.15, 0.2) is 12.1 Å². The van der Waals surface area contributed by atoms with Crippen molar-refractivity contribution in [2.45, 2.75) is 20.1 Å². The van der Waals surface area contributed by atoms with Crippen molar-refractivity contribution in [2.75, 3.05) is 6.61 Å². The molecule has 0 saturated heterocycles. The molecule has 1 aromatic heterocycles. The summed E-state index contributed by atoms with van der Waals surface area (Å²) < 4.78 is 6.61. The van der Waals surface area contributed by atoms with Crippen molar-refractivity contribution in [1.82, 2.24) is 4.57 Å². The fraction of sp³-hybridized carbons (Fsp3) is 0.400. The average molecular weight is 211 g/mol. The van der Waals surface area contributed by atoms with Gasteiger partial charge in [0.25, 0.3) is 0 Å². The molecule has 1 N–H and O–H groups in total. The van der Waals surface area contributed by atoms with Gasteiger partial charge in [-0.1, -0.05) is 0 Å². The summed E-state index contributed by atoms with van der Waals surface area (Å²) in [5.41, 5.74) is 1.05. The molecule has 0 aromatic carbocycles. The maximum Gasteiger partial charge on any atom is 0.323 e. The van der Waals surface area contributed by atoms with E-state index >= 15 is 0 Å². The Balaban J connectivity index is 2.89. The Labute approximate surface area is 87.3 Å². The number of rotatable bonds is 6. The molecule has 82 valence electrons. The minimum atomic E-state index is -0.980. The fourth-order valence-corrected chi connectivity index (χ4v) is 1.29. The lowest BCUT2D eigenvalue weighted by molar-refractivity contribution is -0.137. The number of aromatic nitrogens is 1. The molecule has 1 aromatic rings. The summed E-state index contributed by atoms with van der Waals surface area (Å²) in [6.45, 7) is 2.50. The lowest BCUT2D eigenvalue weighted by Gasteiger charge is -2.08. The number of ether oxygens (including phenoxy) is 1. The van der Waals surface area contributed by atoms with Gasteiger partial charge in [-0.15, -0.1) is 0 Å². The zero-order chi connectivity index (χ0) is 11.3. The molecular formula is C10H13NO4. The van der Waals surface area contributed by atoms with Gasteiger partial charge < -0.3 is 14.4 Å². The number of carbonyl (C=O) groups excluding carboxylic acids is 1. The molecule has 0 amide bonds. The van der Waals surface area contributed by atoms with E-state index in [9.17, 15) is 9.59 Å². The van der Waals surface area contributed by atoms with Gasteiger partial charge in [0.05, 0.1) is 12.3 Å². The summed E-state index contributed by atoms with van der Waals surface area (Å²) in [6.07, 6.45) is 0.637. The van der Waals surface area contributed by atoms with Crippen LogP contribution in [-0.2, 0) is 22.7 Å². The first-order chi connectivity index (χ1) is 7.19. The Hall–Kier alpha value is -1.62. The zero-order valence-electron chi connectivity index (χ0n) is 8.47. The van der Waals surface area contributed by atoms with E-state index in [2.05, 4.69) is 0 Å². The molecule has 1 heterocycles. The van der Waals surface area contributed by atoms with Crippen molar-refractivity contribution in [3.05, 3.63) is 23.5 Å². The maximum absolute atomic E-state index is 10.6. The smallest absolute Gasteiger partial charge is 0.323 e. The predicted molar refractivity (Wildman–Crippen MR) is 52.8 cm³/mol. The molecule has 0 unspecified atom stereocenters. The van der Waals surface area contributed by atoms with Crippen LogP contribution in [0.4, 0.5) is 0 Å². The standard InChI is InChI=1S/C10H13NO4/c1-2-15-7-9-4-3-8(6-12)11(9)5-10(13)14/h3-4,6H,2,5,7H2,1H3,(H,13,14). The molecule has 0 spiro atoms. The number of nitrogens with zero attached hydrogens (tertiary/aromatic N) is 1. The minimum absolute atomic E-state index is 0.219. The predicted octanol–water partition coefficient (Wildman–Crippen LogP) is 0.922. The molecular weight excluding hydrogens is 198 g/mol. The number of carboxylic acids is 1. The molecule has 0 saturated carbocycles. The number of hydrogen-bond acceptors (Lipinski definition) is 3. The number of carboxylic acid groups (broad SMARTS) is 1. The molecule has 5 heteroatoms. The summed E-state index contributed by atoms with van der Waals surface area (Å²) >= 11 is 0. The van der Waals surface area contributed by atoms with Crippen LogP contribution in [0.5, 0.6) is 0 Å². The highest BCUT2D eigenvalue weighted by atomic mass is 16.5. The third kappa shape index (κ3) is 2.92.